The van der Waals surface area contributed by atoms with Crippen LogP contribution in [-0.2, 0) is 4.79 Å². The van der Waals surface area contributed by atoms with Crippen LogP contribution in [0.1, 0.15) is 26.2 Å². The number of allylic oxidation sites excluding steroid dienone is 1. The van der Waals surface area contributed by atoms with E-state index in [1.165, 1.54) is 0 Å². The minimum atomic E-state index is -0.454. The van der Waals surface area contributed by atoms with Gasteiger partial charge in [-0.2, -0.15) is 0 Å². The van der Waals surface area contributed by atoms with Crippen LogP contribution in [0.5, 0.6) is 0 Å². The third-order valence-corrected chi connectivity index (χ3v) is 2.68. The van der Waals surface area contributed by atoms with E-state index in [2.05, 4.69) is 6.58 Å². The third kappa shape index (κ3) is 1.75. The van der Waals surface area contributed by atoms with Crippen LogP contribution >= 0.6 is 0 Å². The lowest BCUT2D eigenvalue weighted by molar-refractivity contribution is -0.131. The molecular formula is C10H16O2. The number of carbonyl (C=O) groups is 1. The molecule has 1 rings (SSSR count). The minimum Gasteiger partial charge on any atom is -0.392 e. The van der Waals surface area contributed by atoms with E-state index in [1.54, 1.807) is 6.08 Å². The van der Waals surface area contributed by atoms with Crippen molar-refractivity contribution in [1.82, 2.24) is 0 Å². The molecule has 0 amide bonds. The second-order valence-electron chi connectivity index (χ2n) is 3.60. The Morgan fingerprint density at radius 2 is 2.42 bits per heavy atom. The molecule has 0 spiro atoms. The van der Waals surface area contributed by atoms with Gasteiger partial charge in [0, 0.05) is 12.3 Å². The highest BCUT2D eigenvalue weighted by Crippen LogP contribution is 2.28. The summed E-state index contributed by atoms with van der Waals surface area (Å²) in [7, 11) is 0. The van der Waals surface area contributed by atoms with E-state index in [0.29, 0.717) is 12.8 Å². The fourth-order valence-electron chi connectivity index (χ4n) is 1.76. The molecule has 12 heavy (non-hydrogen) atoms. The summed E-state index contributed by atoms with van der Waals surface area (Å²) < 4.78 is 0. The summed E-state index contributed by atoms with van der Waals surface area (Å²) in [4.78, 5) is 11.3. The summed E-state index contributed by atoms with van der Waals surface area (Å²) in [5, 5.41) is 9.67. The molecule has 0 heterocycles. The second-order valence-corrected chi connectivity index (χ2v) is 3.60. The summed E-state index contributed by atoms with van der Waals surface area (Å²) in [5.74, 6) is 0.263. The number of carbonyl (C=O) groups excluding carboxylic acids is 1. The Morgan fingerprint density at radius 3 is 3.00 bits per heavy atom. The van der Waals surface area contributed by atoms with E-state index in [0.717, 1.165) is 6.42 Å². The summed E-state index contributed by atoms with van der Waals surface area (Å²) in [6, 6.07) is 0. The standard InChI is InChI=1S/C10H16O2/c1-3-4-8-9(11)6-5-7(2)10(8)12/h3,7-8,10,12H,1,4-6H2,2H3/t7-,8+,10+/m0/s1. The van der Waals surface area contributed by atoms with Crippen LogP contribution < -0.4 is 0 Å². The average Bonchev–Trinajstić information content (AvgIpc) is 2.06. The number of Topliss-reactive ketones (excluding diaryl/α,β-unsaturated/α-hetero) is 1. The molecule has 1 N–H and O–H groups in total. The summed E-state index contributed by atoms with van der Waals surface area (Å²) in [6.45, 7) is 5.58. The molecule has 2 heteroatoms. The fourth-order valence-corrected chi connectivity index (χ4v) is 1.76. The highest BCUT2D eigenvalue weighted by Gasteiger charge is 2.33. The average molecular weight is 168 g/mol. The van der Waals surface area contributed by atoms with E-state index in [9.17, 15) is 9.90 Å². The smallest absolute Gasteiger partial charge is 0.138 e. The lowest BCUT2D eigenvalue weighted by Gasteiger charge is -2.30. The van der Waals surface area contributed by atoms with Crippen LogP contribution in [-0.4, -0.2) is 17.0 Å². The molecule has 0 aliphatic heterocycles. The molecule has 1 aliphatic carbocycles. The molecule has 0 bridgehead atoms. The first-order chi connectivity index (χ1) is 5.66. The van der Waals surface area contributed by atoms with Crippen LogP contribution in [0.15, 0.2) is 12.7 Å². The van der Waals surface area contributed by atoms with Crippen molar-refractivity contribution in [2.75, 3.05) is 0 Å². The van der Waals surface area contributed by atoms with Gasteiger partial charge in [-0.25, -0.2) is 0 Å². The Morgan fingerprint density at radius 1 is 1.75 bits per heavy atom. The molecule has 0 aromatic heterocycles. The summed E-state index contributed by atoms with van der Waals surface area (Å²) in [6.07, 6.45) is 3.32. The molecule has 0 unspecified atom stereocenters. The quantitative estimate of drug-likeness (QED) is 0.635. The molecule has 1 aliphatic rings. The molecule has 0 aromatic carbocycles. The molecule has 1 saturated carbocycles. The van der Waals surface area contributed by atoms with E-state index < -0.39 is 6.10 Å². The van der Waals surface area contributed by atoms with Gasteiger partial charge in [0.2, 0.25) is 0 Å². The molecule has 0 saturated heterocycles. The monoisotopic (exact) mass is 168 g/mol. The van der Waals surface area contributed by atoms with Crippen LogP contribution in [0, 0.1) is 11.8 Å². The Kier molecular flexibility index (Phi) is 3.04. The van der Waals surface area contributed by atoms with Crippen LogP contribution in [0.4, 0.5) is 0 Å². The number of ketones is 1. The molecule has 68 valence electrons. The molecule has 0 radical (unpaired) electrons. The fraction of sp³-hybridized carbons (Fsp3) is 0.700. The maximum absolute atomic E-state index is 11.3. The number of hydrogen-bond donors (Lipinski definition) is 1. The largest absolute Gasteiger partial charge is 0.392 e. The lowest BCUT2D eigenvalue weighted by atomic mass is 9.77. The molecule has 3 atom stereocenters. The first kappa shape index (κ1) is 9.46. The van der Waals surface area contributed by atoms with Crippen molar-refractivity contribution in [3.63, 3.8) is 0 Å². The second kappa shape index (κ2) is 3.85. The summed E-state index contributed by atoms with van der Waals surface area (Å²) in [5.41, 5.74) is 0. The van der Waals surface area contributed by atoms with Crippen LogP contribution in [0.25, 0.3) is 0 Å². The van der Waals surface area contributed by atoms with Gasteiger partial charge in [0.1, 0.15) is 5.78 Å². The van der Waals surface area contributed by atoms with Gasteiger partial charge in [0.05, 0.1) is 6.10 Å². The van der Waals surface area contributed by atoms with E-state index in [-0.39, 0.29) is 17.6 Å². The zero-order valence-electron chi connectivity index (χ0n) is 7.49. The molecule has 2 nitrogen and oxygen atoms in total. The maximum Gasteiger partial charge on any atom is 0.138 e. The van der Waals surface area contributed by atoms with Crippen molar-refractivity contribution in [2.45, 2.75) is 32.3 Å². The van der Waals surface area contributed by atoms with Gasteiger partial charge >= 0.3 is 0 Å². The van der Waals surface area contributed by atoms with E-state index >= 15 is 0 Å². The van der Waals surface area contributed by atoms with Crippen molar-refractivity contribution in [3.8, 4) is 0 Å². The molecular weight excluding hydrogens is 152 g/mol. The topological polar surface area (TPSA) is 37.3 Å². The molecule has 0 aromatic rings. The Bertz CT molecular complexity index is 186. The normalized spacial score (nSPS) is 36.5. The van der Waals surface area contributed by atoms with Gasteiger partial charge < -0.3 is 5.11 Å². The van der Waals surface area contributed by atoms with Gasteiger partial charge in [-0.05, 0) is 18.8 Å². The van der Waals surface area contributed by atoms with Gasteiger partial charge in [-0.3, -0.25) is 4.79 Å². The Labute approximate surface area is 73.3 Å². The number of aliphatic hydroxyl groups is 1. The van der Waals surface area contributed by atoms with Crippen molar-refractivity contribution in [3.05, 3.63) is 12.7 Å². The SMILES string of the molecule is C=CC[C@@H]1C(=O)CC[C@H](C)[C@H]1O. The van der Waals surface area contributed by atoms with Gasteiger partial charge in [-0.15, -0.1) is 6.58 Å². The minimum absolute atomic E-state index is 0.189. The van der Waals surface area contributed by atoms with E-state index in [1.807, 2.05) is 6.92 Å². The van der Waals surface area contributed by atoms with Crippen molar-refractivity contribution < 1.29 is 9.90 Å². The lowest BCUT2D eigenvalue weighted by Crippen LogP contribution is -2.37. The third-order valence-electron chi connectivity index (χ3n) is 2.68. The summed E-state index contributed by atoms with van der Waals surface area (Å²) >= 11 is 0. The Balaban J connectivity index is 2.64. The first-order valence-corrected chi connectivity index (χ1v) is 4.48. The van der Waals surface area contributed by atoms with Crippen molar-refractivity contribution in [1.29, 1.82) is 0 Å². The predicted octanol–water partition coefficient (Wildman–Crippen LogP) is 1.54. The van der Waals surface area contributed by atoms with E-state index in [4.69, 9.17) is 0 Å². The highest BCUT2D eigenvalue weighted by molar-refractivity contribution is 5.82. The number of rotatable bonds is 2. The van der Waals surface area contributed by atoms with Gasteiger partial charge in [0.15, 0.2) is 0 Å². The highest BCUT2D eigenvalue weighted by atomic mass is 16.3. The molecule has 1 fully saturated rings. The Hall–Kier alpha value is -0.630. The zero-order valence-corrected chi connectivity index (χ0v) is 7.49. The number of hydrogen-bond acceptors (Lipinski definition) is 2. The zero-order chi connectivity index (χ0) is 9.14. The van der Waals surface area contributed by atoms with Crippen LogP contribution in [0.2, 0.25) is 0 Å². The predicted molar refractivity (Wildman–Crippen MR) is 47.7 cm³/mol. The number of aliphatic hydroxyl groups excluding tert-OH is 1. The van der Waals surface area contributed by atoms with Crippen molar-refractivity contribution >= 4 is 5.78 Å². The van der Waals surface area contributed by atoms with Crippen molar-refractivity contribution in [2.24, 2.45) is 11.8 Å². The van der Waals surface area contributed by atoms with Gasteiger partial charge in [0.25, 0.3) is 0 Å². The van der Waals surface area contributed by atoms with Crippen LogP contribution in [0.3, 0.4) is 0 Å². The van der Waals surface area contributed by atoms with Gasteiger partial charge in [-0.1, -0.05) is 13.0 Å². The first-order valence-electron chi connectivity index (χ1n) is 4.48. The maximum atomic E-state index is 11.3.